The van der Waals surface area contributed by atoms with E-state index in [1.807, 2.05) is 0 Å². The molecule has 1 aromatic carbocycles. The normalized spacial score (nSPS) is 34.0. The van der Waals surface area contributed by atoms with Crippen LogP contribution in [0.4, 0.5) is 18.9 Å². The largest absolute Gasteiger partial charge is 0.452 e. The second kappa shape index (κ2) is 6.72. The lowest BCUT2D eigenvalue weighted by molar-refractivity contribution is -0.199. The molecule has 4 aliphatic carbocycles. The zero-order valence-corrected chi connectivity index (χ0v) is 16.1. The molecule has 8 heteroatoms. The average molecular weight is 411 g/mol. The van der Waals surface area contributed by atoms with Crippen molar-refractivity contribution < 1.29 is 32.6 Å². The summed E-state index contributed by atoms with van der Waals surface area (Å²) in [5, 5.41) is 13.2. The van der Waals surface area contributed by atoms with Crippen LogP contribution in [-0.4, -0.2) is 28.7 Å². The van der Waals surface area contributed by atoms with Gasteiger partial charge < -0.3 is 15.2 Å². The quantitative estimate of drug-likeness (QED) is 0.737. The Morgan fingerprint density at radius 2 is 1.72 bits per heavy atom. The van der Waals surface area contributed by atoms with Crippen LogP contribution in [0.15, 0.2) is 24.3 Å². The van der Waals surface area contributed by atoms with Crippen molar-refractivity contribution in [2.75, 3.05) is 5.32 Å². The summed E-state index contributed by atoms with van der Waals surface area (Å²) in [6.45, 7) is 1.44. The maximum absolute atomic E-state index is 12.9. The number of carbonyl (C=O) groups is 2. The molecule has 5 nitrogen and oxygen atoms in total. The Labute approximate surface area is 166 Å². The molecule has 1 amide bonds. The van der Waals surface area contributed by atoms with E-state index in [1.165, 1.54) is 6.92 Å². The first-order valence-corrected chi connectivity index (χ1v) is 9.90. The smallest absolute Gasteiger partial charge is 0.416 e. The van der Waals surface area contributed by atoms with Gasteiger partial charge in [0.15, 0.2) is 6.10 Å². The van der Waals surface area contributed by atoms with Crippen LogP contribution in [0.5, 0.6) is 0 Å². The standard InChI is InChI=1S/C21H24F3NO4/c1-12(17(26)25-16-4-2-15(3-5-16)21(22,23)24)29-18(27)19-7-13-6-14(8-19)10-20(28,9-13)11-19/h2-5,12-14,28H,6-11H2,1H3,(H,25,26)/t12-,13-,14+,19?,20?/m0/s1. The van der Waals surface area contributed by atoms with Crippen molar-refractivity contribution in [2.24, 2.45) is 17.3 Å². The predicted octanol–water partition coefficient (Wildman–Crippen LogP) is 3.91. The summed E-state index contributed by atoms with van der Waals surface area (Å²) in [6.07, 6.45) is -1.33. The van der Waals surface area contributed by atoms with Crippen molar-refractivity contribution in [3.63, 3.8) is 0 Å². The molecule has 29 heavy (non-hydrogen) atoms. The summed E-state index contributed by atoms with van der Waals surface area (Å²) in [7, 11) is 0. The third-order valence-corrected chi connectivity index (χ3v) is 6.60. The Morgan fingerprint density at radius 3 is 2.24 bits per heavy atom. The Kier molecular flexibility index (Phi) is 4.68. The number of aliphatic hydroxyl groups is 1. The van der Waals surface area contributed by atoms with Gasteiger partial charge in [0, 0.05) is 5.69 Å². The lowest BCUT2D eigenvalue weighted by Crippen LogP contribution is -2.59. The van der Waals surface area contributed by atoms with E-state index in [2.05, 4.69) is 5.32 Å². The van der Waals surface area contributed by atoms with Gasteiger partial charge in [-0.3, -0.25) is 9.59 Å². The highest BCUT2D eigenvalue weighted by atomic mass is 19.4. The molecule has 0 saturated heterocycles. The zero-order valence-electron chi connectivity index (χ0n) is 16.1. The second-order valence-corrected chi connectivity index (χ2v) is 9.08. The van der Waals surface area contributed by atoms with Gasteiger partial charge in [-0.2, -0.15) is 13.2 Å². The van der Waals surface area contributed by atoms with E-state index >= 15 is 0 Å². The molecule has 4 saturated carbocycles. The average Bonchev–Trinajstić information content (AvgIpc) is 2.59. The Hall–Kier alpha value is -2.09. The molecule has 2 N–H and O–H groups in total. The summed E-state index contributed by atoms with van der Waals surface area (Å²) < 4.78 is 43.3. The summed E-state index contributed by atoms with van der Waals surface area (Å²) in [5.41, 5.74) is -2.17. The fraction of sp³-hybridized carbons (Fsp3) is 0.619. The van der Waals surface area contributed by atoms with Gasteiger partial charge >= 0.3 is 12.1 Å². The number of halogens is 3. The molecule has 158 valence electrons. The molecule has 4 aliphatic rings. The number of alkyl halides is 3. The molecule has 4 bridgehead atoms. The SMILES string of the molecule is C[C@H](OC(=O)C12C[C@@H]3C[C@@H](CC(O)(C3)C1)C2)C(=O)Nc1ccc(C(F)(F)F)cc1. The van der Waals surface area contributed by atoms with Crippen LogP contribution in [0.25, 0.3) is 0 Å². The maximum atomic E-state index is 12.9. The van der Waals surface area contributed by atoms with Gasteiger partial charge in [-0.25, -0.2) is 0 Å². The number of anilines is 1. The first-order chi connectivity index (χ1) is 13.5. The highest BCUT2D eigenvalue weighted by Crippen LogP contribution is 2.62. The fourth-order valence-electron chi connectivity index (χ4n) is 5.78. The van der Waals surface area contributed by atoms with E-state index in [-0.39, 0.29) is 5.69 Å². The number of amides is 1. The molecule has 0 spiro atoms. The molecule has 0 aromatic heterocycles. The van der Waals surface area contributed by atoms with Crippen LogP contribution in [-0.2, 0) is 20.5 Å². The molecule has 4 fully saturated rings. The van der Waals surface area contributed by atoms with Crippen LogP contribution < -0.4 is 5.32 Å². The fourth-order valence-corrected chi connectivity index (χ4v) is 5.78. The molecule has 2 unspecified atom stereocenters. The molecule has 1 aromatic rings. The van der Waals surface area contributed by atoms with Gasteiger partial charge in [0.2, 0.25) is 0 Å². The maximum Gasteiger partial charge on any atom is 0.416 e. The number of carbonyl (C=O) groups excluding carboxylic acids is 2. The Bertz CT molecular complexity index is 806. The molecule has 5 rings (SSSR count). The number of benzene rings is 1. The first kappa shape index (κ1) is 20.2. The highest BCUT2D eigenvalue weighted by Gasteiger charge is 2.61. The van der Waals surface area contributed by atoms with Gasteiger partial charge in [-0.15, -0.1) is 0 Å². The number of nitrogens with one attached hydrogen (secondary N) is 1. The van der Waals surface area contributed by atoms with E-state index in [0.717, 1.165) is 43.5 Å². The van der Waals surface area contributed by atoms with Crippen LogP contribution in [0, 0.1) is 17.3 Å². The summed E-state index contributed by atoms with van der Waals surface area (Å²) >= 11 is 0. The van der Waals surface area contributed by atoms with Crippen LogP contribution in [0.3, 0.4) is 0 Å². The second-order valence-electron chi connectivity index (χ2n) is 9.08. The zero-order chi connectivity index (χ0) is 21.0. The van der Waals surface area contributed by atoms with Crippen LogP contribution in [0.2, 0.25) is 0 Å². The van der Waals surface area contributed by atoms with Gasteiger partial charge in [-0.1, -0.05) is 0 Å². The topological polar surface area (TPSA) is 75.6 Å². The third-order valence-electron chi connectivity index (χ3n) is 6.60. The lowest BCUT2D eigenvalue weighted by Gasteiger charge is -2.58. The van der Waals surface area contributed by atoms with E-state index in [1.54, 1.807) is 0 Å². The molecule has 0 aliphatic heterocycles. The summed E-state index contributed by atoms with van der Waals surface area (Å²) in [4.78, 5) is 25.3. The molecular formula is C21H24F3NO4. The number of hydrogen-bond acceptors (Lipinski definition) is 4. The number of ether oxygens (including phenoxy) is 1. The highest BCUT2D eigenvalue weighted by molar-refractivity contribution is 5.95. The van der Waals surface area contributed by atoms with E-state index < -0.39 is 40.7 Å². The molecule has 0 heterocycles. The van der Waals surface area contributed by atoms with Crippen molar-refractivity contribution in [2.45, 2.75) is 63.3 Å². The lowest BCUT2D eigenvalue weighted by atomic mass is 9.48. The minimum absolute atomic E-state index is 0.190. The van der Waals surface area contributed by atoms with E-state index in [4.69, 9.17) is 4.74 Å². The molecule has 5 atom stereocenters. The minimum Gasteiger partial charge on any atom is -0.452 e. The van der Waals surface area contributed by atoms with Crippen molar-refractivity contribution in [1.29, 1.82) is 0 Å². The molecular weight excluding hydrogens is 387 g/mol. The van der Waals surface area contributed by atoms with E-state index in [9.17, 15) is 27.9 Å². The number of hydrogen-bond donors (Lipinski definition) is 2. The van der Waals surface area contributed by atoms with Crippen LogP contribution >= 0.6 is 0 Å². The van der Waals surface area contributed by atoms with Gasteiger partial charge in [0.25, 0.3) is 5.91 Å². The van der Waals surface area contributed by atoms with Gasteiger partial charge in [0.1, 0.15) is 0 Å². The predicted molar refractivity (Wildman–Crippen MR) is 97.7 cm³/mol. The van der Waals surface area contributed by atoms with Crippen molar-refractivity contribution in [1.82, 2.24) is 0 Å². The third kappa shape index (κ3) is 3.86. The number of esters is 1. The molecule has 0 radical (unpaired) electrons. The monoisotopic (exact) mass is 411 g/mol. The first-order valence-electron chi connectivity index (χ1n) is 9.90. The van der Waals surface area contributed by atoms with E-state index in [0.29, 0.717) is 31.1 Å². The van der Waals surface area contributed by atoms with Gasteiger partial charge in [-0.05, 0) is 81.5 Å². The summed E-state index contributed by atoms with van der Waals surface area (Å²) in [5.74, 6) is -0.447. The van der Waals surface area contributed by atoms with Crippen molar-refractivity contribution in [3.05, 3.63) is 29.8 Å². The number of rotatable bonds is 4. The Morgan fingerprint density at radius 1 is 1.14 bits per heavy atom. The Balaban J connectivity index is 1.38. The minimum atomic E-state index is -4.45. The van der Waals surface area contributed by atoms with Crippen molar-refractivity contribution >= 4 is 17.6 Å². The van der Waals surface area contributed by atoms with Crippen molar-refractivity contribution in [3.8, 4) is 0 Å². The van der Waals surface area contributed by atoms with Crippen LogP contribution in [0.1, 0.15) is 51.0 Å². The van der Waals surface area contributed by atoms with Gasteiger partial charge in [0.05, 0.1) is 16.6 Å². The summed E-state index contributed by atoms with van der Waals surface area (Å²) in [6, 6.07) is 4.07.